The molecule has 7 nitrogen and oxygen atoms in total. The van der Waals surface area contributed by atoms with Crippen LogP contribution >= 0.6 is 0 Å². The van der Waals surface area contributed by atoms with Gasteiger partial charge in [-0.3, -0.25) is 4.79 Å². The summed E-state index contributed by atoms with van der Waals surface area (Å²) >= 11 is 0. The fraction of sp³-hybridized carbons (Fsp3) is 0.190. The number of alkyl halides is 3. The Balaban J connectivity index is 1.49. The van der Waals surface area contributed by atoms with Crippen LogP contribution in [0, 0.1) is 0 Å². The van der Waals surface area contributed by atoms with Gasteiger partial charge in [0.2, 0.25) is 0 Å². The molecule has 0 aliphatic heterocycles. The number of carbonyl (C=O) groups is 1. The third kappa shape index (κ3) is 4.37. The van der Waals surface area contributed by atoms with Crippen molar-refractivity contribution in [1.29, 1.82) is 0 Å². The van der Waals surface area contributed by atoms with Crippen molar-refractivity contribution in [1.82, 2.24) is 20.0 Å². The maximum atomic E-state index is 12.7. The summed E-state index contributed by atoms with van der Waals surface area (Å²) in [5, 5.41) is 18.2. The van der Waals surface area contributed by atoms with Crippen molar-refractivity contribution in [3.63, 3.8) is 0 Å². The van der Waals surface area contributed by atoms with Crippen molar-refractivity contribution < 1.29 is 27.8 Å². The summed E-state index contributed by atoms with van der Waals surface area (Å²) in [6.07, 6.45) is -1.82. The van der Waals surface area contributed by atoms with E-state index < -0.39 is 23.8 Å². The van der Waals surface area contributed by atoms with E-state index in [0.717, 1.165) is 23.0 Å². The molecule has 2 N–H and O–H groups in total. The number of ether oxygens (including phenoxy) is 1. The van der Waals surface area contributed by atoms with E-state index in [2.05, 4.69) is 15.2 Å². The minimum Gasteiger partial charge on any atom is -0.484 e. The molecule has 4 aromatic rings. The first kappa shape index (κ1) is 20.5. The van der Waals surface area contributed by atoms with Gasteiger partial charge in [-0.2, -0.15) is 23.1 Å². The number of aliphatic carboxylic acids is 1. The van der Waals surface area contributed by atoms with Crippen LogP contribution in [0.2, 0.25) is 0 Å². The summed E-state index contributed by atoms with van der Waals surface area (Å²) in [7, 11) is 0. The number of hydrogen-bond donors (Lipinski definition) is 2. The van der Waals surface area contributed by atoms with Crippen LogP contribution in [0.3, 0.4) is 0 Å². The zero-order chi connectivity index (χ0) is 22.2. The van der Waals surface area contributed by atoms with Gasteiger partial charge in [-0.15, -0.1) is 5.10 Å². The lowest BCUT2D eigenvalue weighted by Crippen LogP contribution is -2.07. The van der Waals surface area contributed by atoms with E-state index in [4.69, 9.17) is 9.84 Å². The molecular formula is C21H17F3N4O3. The molecule has 0 spiro atoms. The van der Waals surface area contributed by atoms with Gasteiger partial charge < -0.3 is 14.8 Å². The Morgan fingerprint density at radius 1 is 1.23 bits per heavy atom. The second-order valence-corrected chi connectivity index (χ2v) is 6.96. The van der Waals surface area contributed by atoms with Gasteiger partial charge in [0.15, 0.2) is 0 Å². The number of nitrogens with one attached hydrogen (secondary N) is 1. The van der Waals surface area contributed by atoms with Gasteiger partial charge >= 0.3 is 12.1 Å². The monoisotopic (exact) mass is 430 g/mol. The first-order chi connectivity index (χ1) is 14.7. The highest BCUT2D eigenvalue weighted by atomic mass is 19.4. The van der Waals surface area contributed by atoms with Crippen molar-refractivity contribution in [2.45, 2.75) is 25.6 Å². The molecular weight excluding hydrogens is 413 g/mol. The molecule has 0 bridgehead atoms. The van der Waals surface area contributed by atoms with Gasteiger partial charge in [0.05, 0.1) is 23.9 Å². The van der Waals surface area contributed by atoms with Crippen LogP contribution in [0.15, 0.2) is 54.9 Å². The molecule has 31 heavy (non-hydrogen) atoms. The average molecular weight is 430 g/mol. The zero-order valence-electron chi connectivity index (χ0n) is 16.2. The summed E-state index contributed by atoms with van der Waals surface area (Å²) in [5.41, 5.74) is 1.57. The largest absolute Gasteiger partial charge is 0.484 e. The molecule has 2 aromatic carbocycles. The first-order valence-corrected chi connectivity index (χ1v) is 9.29. The van der Waals surface area contributed by atoms with Crippen molar-refractivity contribution in [3.8, 4) is 11.4 Å². The van der Waals surface area contributed by atoms with Gasteiger partial charge in [0.25, 0.3) is 0 Å². The first-order valence-electron chi connectivity index (χ1n) is 9.29. The highest BCUT2D eigenvalue weighted by Crippen LogP contribution is 2.30. The second kappa shape index (κ2) is 7.78. The van der Waals surface area contributed by atoms with Crippen LogP contribution < -0.4 is 4.74 Å². The van der Waals surface area contributed by atoms with Gasteiger partial charge in [0, 0.05) is 23.2 Å². The fourth-order valence-electron chi connectivity index (χ4n) is 3.18. The van der Waals surface area contributed by atoms with Crippen LogP contribution in [0.5, 0.6) is 5.75 Å². The molecule has 2 aromatic heterocycles. The van der Waals surface area contributed by atoms with Crippen LogP contribution in [0.1, 0.15) is 29.8 Å². The molecule has 10 heteroatoms. The molecule has 0 unspecified atom stereocenters. The second-order valence-electron chi connectivity index (χ2n) is 6.96. The van der Waals surface area contributed by atoms with E-state index in [9.17, 15) is 18.0 Å². The predicted molar refractivity (Wildman–Crippen MR) is 105 cm³/mol. The lowest BCUT2D eigenvalue weighted by molar-refractivity contribution is -0.138. The van der Waals surface area contributed by atoms with Crippen LogP contribution in [0.4, 0.5) is 13.2 Å². The van der Waals surface area contributed by atoms with Gasteiger partial charge in [-0.25, -0.2) is 0 Å². The highest BCUT2D eigenvalue weighted by Gasteiger charge is 2.30. The van der Waals surface area contributed by atoms with Gasteiger partial charge in [-0.05, 0) is 48.9 Å². The Kier molecular flexibility index (Phi) is 5.14. The van der Waals surface area contributed by atoms with Crippen LogP contribution in [-0.4, -0.2) is 31.1 Å². The van der Waals surface area contributed by atoms with Crippen LogP contribution in [-0.2, 0) is 17.4 Å². The minimum atomic E-state index is -4.40. The topological polar surface area (TPSA) is 93.0 Å². The normalized spacial score (nSPS) is 12.8. The molecule has 160 valence electrons. The van der Waals surface area contributed by atoms with E-state index in [-0.39, 0.29) is 6.42 Å². The summed E-state index contributed by atoms with van der Waals surface area (Å²) in [4.78, 5) is 15.2. The molecule has 1 atom stereocenters. The Hall–Kier alpha value is -3.82. The molecule has 0 saturated heterocycles. The Bertz CT molecular complexity index is 1230. The Labute approximate surface area is 174 Å². The van der Waals surface area contributed by atoms with Crippen molar-refractivity contribution in [2.24, 2.45) is 0 Å². The molecule has 0 radical (unpaired) electrons. The number of carboxylic acid groups (broad SMARTS) is 1. The van der Waals surface area contributed by atoms with E-state index in [1.165, 1.54) is 23.1 Å². The zero-order valence-corrected chi connectivity index (χ0v) is 16.2. The van der Waals surface area contributed by atoms with Gasteiger partial charge in [-0.1, -0.05) is 0 Å². The summed E-state index contributed by atoms with van der Waals surface area (Å²) in [5.74, 6) is -0.362. The molecule has 2 heterocycles. The number of fused-ring (bicyclic) bond motifs is 1. The van der Waals surface area contributed by atoms with E-state index >= 15 is 0 Å². The highest BCUT2D eigenvalue weighted by molar-refractivity contribution is 5.87. The molecule has 0 amide bonds. The van der Waals surface area contributed by atoms with Gasteiger partial charge in [0.1, 0.15) is 17.5 Å². The number of rotatable bonds is 6. The van der Waals surface area contributed by atoms with Crippen LogP contribution in [0.25, 0.3) is 16.6 Å². The summed E-state index contributed by atoms with van der Waals surface area (Å²) in [6, 6.07) is 9.82. The molecule has 0 aliphatic carbocycles. The van der Waals surface area contributed by atoms with Crippen molar-refractivity contribution in [2.75, 3.05) is 0 Å². The SMILES string of the molecule is C[C@H](Oc1ccc2c(CC(=O)O)c[nH]c2c1)c1cnn(-c2ccc(C(F)(F)F)cc2)n1. The van der Waals surface area contributed by atoms with E-state index in [0.29, 0.717) is 22.7 Å². The van der Waals surface area contributed by atoms with E-state index in [1.807, 2.05) is 0 Å². The summed E-state index contributed by atoms with van der Waals surface area (Å²) < 4.78 is 44.0. The quantitative estimate of drug-likeness (QED) is 0.469. The number of H-pyrrole nitrogens is 1. The number of hydrogen-bond acceptors (Lipinski definition) is 4. The number of aromatic nitrogens is 4. The lowest BCUT2D eigenvalue weighted by Gasteiger charge is -2.12. The lowest BCUT2D eigenvalue weighted by atomic mass is 10.1. The van der Waals surface area contributed by atoms with Crippen molar-refractivity contribution in [3.05, 3.63) is 71.7 Å². The average Bonchev–Trinajstić information content (AvgIpc) is 3.35. The maximum Gasteiger partial charge on any atom is 0.416 e. The smallest absolute Gasteiger partial charge is 0.416 e. The molecule has 4 rings (SSSR count). The number of nitrogens with zero attached hydrogens (tertiary/aromatic N) is 3. The maximum absolute atomic E-state index is 12.7. The van der Waals surface area contributed by atoms with E-state index in [1.54, 1.807) is 31.3 Å². The molecule has 0 saturated carbocycles. The molecule has 0 fully saturated rings. The minimum absolute atomic E-state index is 0.0797. The fourth-order valence-corrected chi connectivity index (χ4v) is 3.18. The predicted octanol–water partition coefficient (Wildman–Crippen LogP) is 4.53. The number of aromatic amines is 1. The number of halogens is 3. The third-order valence-corrected chi connectivity index (χ3v) is 4.75. The number of benzene rings is 2. The van der Waals surface area contributed by atoms with Crippen molar-refractivity contribution >= 4 is 16.9 Å². The third-order valence-electron chi connectivity index (χ3n) is 4.75. The summed E-state index contributed by atoms with van der Waals surface area (Å²) in [6.45, 7) is 1.77. The standard InChI is InChI=1S/C21H17F3N4O3/c1-12(31-16-6-7-17-13(8-20(29)30)10-25-18(17)9-16)19-11-26-28(27-19)15-4-2-14(3-5-15)21(22,23)24/h2-7,9-12,25H,8H2,1H3,(H,29,30)/t12-/m0/s1. The Morgan fingerprint density at radius 3 is 2.65 bits per heavy atom. The number of carboxylic acids is 1. The Morgan fingerprint density at radius 2 is 1.97 bits per heavy atom. The molecule has 0 aliphatic rings.